The molecule has 158 valence electrons. The molecule has 1 aromatic carbocycles. The van der Waals surface area contributed by atoms with E-state index in [1.54, 1.807) is 0 Å². The number of alkyl halides is 3. The van der Waals surface area contributed by atoms with Crippen LogP contribution in [-0.2, 0) is 19.3 Å². The molecule has 1 saturated heterocycles. The fourth-order valence-electron chi connectivity index (χ4n) is 4.57. The van der Waals surface area contributed by atoms with Gasteiger partial charge in [0.05, 0.1) is 5.69 Å². The molecule has 0 spiro atoms. The molecular weight excluding hydrogens is 397 g/mol. The van der Waals surface area contributed by atoms with Gasteiger partial charge in [-0.3, -0.25) is 4.90 Å². The lowest BCUT2D eigenvalue weighted by Crippen LogP contribution is -2.35. The summed E-state index contributed by atoms with van der Waals surface area (Å²) < 4.78 is 43.6. The third-order valence-electron chi connectivity index (χ3n) is 5.71. The molecule has 2 aromatic rings. The quantitative estimate of drug-likeness (QED) is 0.698. The number of anilines is 2. The standard InChI is InChI=1S/C21H27F3N4S/c1-14-11-15(2)18(16(3)12-14)28-6-4-5-27-17(13-26-7-9-29-10-8-26)19(21(22,23)24)25-20(27)28/h11-12H,4-10,13H2,1-3H3. The molecule has 0 radical (unpaired) electrons. The summed E-state index contributed by atoms with van der Waals surface area (Å²) in [4.78, 5) is 8.29. The maximum absolute atomic E-state index is 13.9. The zero-order valence-electron chi connectivity index (χ0n) is 17.1. The minimum absolute atomic E-state index is 0.308. The summed E-state index contributed by atoms with van der Waals surface area (Å²) in [6.07, 6.45) is -3.65. The molecule has 0 aliphatic carbocycles. The van der Waals surface area contributed by atoms with Crippen LogP contribution in [-0.4, -0.2) is 45.6 Å². The predicted molar refractivity (Wildman–Crippen MR) is 112 cm³/mol. The number of rotatable bonds is 3. The first-order valence-electron chi connectivity index (χ1n) is 10.1. The lowest BCUT2D eigenvalue weighted by atomic mass is 10.0. The second-order valence-corrected chi connectivity index (χ2v) is 9.22. The van der Waals surface area contributed by atoms with Gasteiger partial charge in [0.1, 0.15) is 0 Å². The van der Waals surface area contributed by atoms with Crippen molar-refractivity contribution in [3.63, 3.8) is 0 Å². The summed E-state index contributed by atoms with van der Waals surface area (Å²) in [6.45, 7) is 9.29. The molecule has 2 aliphatic rings. The Morgan fingerprint density at radius 1 is 1.00 bits per heavy atom. The van der Waals surface area contributed by atoms with E-state index >= 15 is 0 Å². The van der Waals surface area contributed by atoms with Crippen LogP contribution in [0.5, 0.6) is 0 Å². The third-order valence-corrected chi connectivity index (χ3v) is 6.65. The van der Waals surface area contributed by atoms with E-state index in [0.29, 0.717) is 31.3 Å². The van der Waals surface area contributed by atoms with E-state index in [4.69, 9.17) is 0 Å². The van der Waals surface area contributed by atoms with E-state index in [9.17, 15) is 13.2 Å². The van der Waals surface area contributed by atoms with E-state index in [0.717, 1.165) is 53.4 Å². The van der Waals surface area contributed by atoms with Crippen LogP contribution in [0.25, 0.3) is 0 Å². The maximum atomic E-state index is 13.9. The van der Waals surface area contributed by atoms with E-state index in [-0.39, 0.29) is 0 Å². The lowest BCUT2D eigenvalue weighted by Gasteiger charge is -2.33. The molecule has 3 heterocycles. The van der Waals surface area contributed by atoms with Crippen molar-refractivity contribution >= 4 is 23.4 Å². The van der Waals surface area contributed by atoms with Gasteiger partial charge in [-0.1, -0.05) is 17.7 Å². The number of thioether (sulfide) groups is 1. The van der Waals surface area contributed by atoms with Gasteiger partial charge in [0.25, 0.3) is 0 Å². The predicted octanol–water partition coefficient (Wildman–Crippen LogP) is 4.92. The largest absolute Gasteiger partial charge is 0.435 e. The minimum Gasteiger partial charge on any atom is -0.312 e. The van der Waals surface area contributed by atoms with E-state index in [1.807, 2.05) is 42.0 Å². The van der Waals surface area contributed by atoms with Crippen molar-refractivity contribution in [2.45, 2.75) is 46.5 Å². The van der Waals surface area contributed by atoms with Gasteiger partial charge >= 0.3 is 6.18 Å². The summed E-state index contributed by atoms with van der Waals surface area (Å²) in [5.74, 6) is 2.37. The summed E-state index contributed by atoms with van der Waals surface area (Å²) in [5.41, 5.74) is 3.87. The zero-order valence-corrected chi connectivity index (χ0v) is 18.0. The molecule has 2 aliphatic heterocycles. The Labute approximate surface area is 174 Å². The molecule has 0 bridgehead atoms. The van der Waals surface area contributed by atoms with Gasteiger partial charge in [-0.05, 0) is 38.3 Å². The Morgan fingerprint density at radius 3 is 2.28 bits per heavy atom. The highest BCUT2D eigenvalue weighted by atomic mass is 32.2. The van der Waals surface area contributed by atoms with E-state index in [2.05, 4.69) is 22.0 Å². The SMILES string of the molecule is Cc1cc(C)c(N2CCCn3c2nc(C(F)(F)F)c3CN2CCSCC2)c(C)c1. The maximum Gasteiger partial charge on any atom is 0.435 e. The average Bonchev–Trinajstić information content (AvgIpc) is 3.01. The zero-order chi connectivity index (χ0) is 20.8. The van der Waals surface area contributed by atoms with Gasteiger partial charge in [-0.2, -0.15) is 24.9 Å². The van der Waals surface area contributed by atoms with Gasteiger partial charge in [-0.25, -0.2) is 4.98 Å². The second kappa shape index (κ2) is 7.87. The number of nitrogens with zero attached hydrogens (tertiary/aromatic N) is 4. The molecule has 1 fully saturated rings. The van der Waals surface area contributed by atoms with Crippen molar-refractivity contribution < 1.29 is 13.2 Å². The van der Waals surface area contributed by atoms with Crippen LogP contribution in [0.4, 0.5) is 24.8 Å². The van der Waals surface area contributed by atoms with Crippen LogP contribution in [0.2, 0.25) is 0 Å². The fraction of sp³-hybridized carbons (Fsp3) is 0.571. The molecule has 0 N–H and O–H groups in total. The van der Waals surface area contributed by atoms with Crippen LogP contribution in [0.15, 0.2) is 12.1 Å². The third kappa shape index (κ3) is 4.01. The molecule has 1 aromatic heterocycles. The number of benzene rings is 1. The molecule has 0 atom stereocenters. The number of aryl methyl sites for hydroxylation is 3. The Hall–Kier alpha value is -1.67. The van der Waals surface area contributed by atoms with Gasteiger partial charge < -0.3 is 9.47 Å². The van der Waals surface area contributed by atoms with Crippen molar-refractivity contribution in [3.8, 4) is 0 Å². The number of fused-ring (bicyclic) bond motifs is 1. The van der Waals surface area contributed by atoms with Crippen molar-refractivity contribution in [1.29, 1.82) is 0 Å². The van der Waals surface area contributed by atoms with E-state index in [1.165, 1.54) is 0 Å². The monoisotopic (exact) mass is 424 g/mol. The Morgan fingerprint density at radius 2 is 1.66 bits per heavy atom. The van der Waals surface area contributed by atoms with E-state index < -0.39 is 11.9 Å². The van der Waals surface area contributed by atoms with Crippen molar-refractivity contribution in [3.05, 3.63) is 40.2 Å². The first-order valence-corrected chi connectivity index (χ1v) is 11.2. The normalized spacial score (nSPS) is 18.2. The highest BCUT2D eigenvalue weighted by Gasteiger charge is 2.41. The lowest BCUT2D eigenvalue weighted by molar-refractivity contribution is -0.141. The summed E-state index contributed by atoms with van der Waals surface area (Å²) in [5, 5.41) is 0. The van der Waals surface area contributed by atoms with Crippen molar-refractivity contribution in [2.24, 2.45) is 0 Å². The van der Waals surface area contributed by atoms with Crippen LogP contribution >= 0.6 is 11.8 Å². The molecule has 8 heteroatoms. The van der Waals surface area contributed by atoms with Crippen LogP contribution in [0, 0.1) is 20.8 Å². The summed E-state index contributed by atoms with van der Waals surface area (Å²) in [6, 6.07) is 4.17. The molecule has 0 unspecified atom stereocenters. The van der Waals surface area contributed by atoms with Crippen LogP contribution in [0.1, 0.15) is 34.5 Å². The van der Waals surface area contributed by atoms with Crippen LogP contribution in [0.3, 0.4) is 0 Å². The van der Waals surface area contributed by atoms with Gasteiger partial charge in [0, 0.05) is 49.9 Å². The smallest absolute Gasteiger partial charge is 0.312 e. The fourth-order valence-corrected chi connectivity index (χ4v) is 5.55. The number of hydrogen-bond acceptors (Lipinski definition) is 4. The highest BCUT2D eigenvalue weighted by molar-refractivity contribution is 7.99. The number of imidazole rings is 1. The Balaban J connectivity index is 1.80. The average molecular weight is 425 g/mol. The highest BCUT2D eigenvalue weighted by Crippen LogP contribution is 2.40. The first-order chi connectivity index (χ1) is 13.8. The summed E-state index contributed by atoms with van der Waals surface area (Å²) >= 11 is 1.86. The van der Waals surface area contributed by atoms with Gasteiger partial charge in [0.2, 0.25) is 5.95 Å². The summed E-state index contributed by atoms with van der Waals surface area (Å²) in [7, 11) is 0. The second-order valence-electron chi connectivity index (χ2n) is 8.00. The van der Waals surface area contributed by atoms with Crippen molar-refractivity contribution in [2.75, 3.05) is 36.0 Å². The van der Waals surface area contributed by atoms with Gasteiger partial charge in [0.15, 0.2) is 5.69 Å². The van der Waals surface area contributed by atoms with Gasteiger partial charge in [-0.15, -0.1) is 0 Å². The molecule has 4 rings (SSSR count). The minimum atomic E-state index is -4.45. The number of aromatic nitrogens is 2. The first kappa shape index (κ1) is 20.6. The molecular formula is C21H27F3N4S. The van der Waals surface area contributed by atoms with Crippen LogP contribution < -0.4 is 4.90 Å². The molecule has 4 nitrogen and oxygen atoms in total. The number of halogens is 3. The molecule has 29 heavy (non-hydrogen) atoms. The number of hydrogen-bond donors (Lipinski definition) is 0. The van der Waals surface area contributed by atoms with Crippen molar-refractivity contribution in [1.82, 2.24) is 14.5 Å². The topological polar surface area (TPSA) is 24.3 Å². The molecule has 0 saturated carbocycles. The Kier molecular flexibility index (Phi) is 5.59. The Bertz CT molecular complexity index is 877. The molecule has 0 amide bonds.